The molecule has 0 spiro atoms. The van der Waals surface area contributed by atoms with Crippen LogP contribution in [0.1, 0.15) is 23.0 Å². The van der Waals surface area contributed by atoms with Crippen molar-refractivity contribution in [1.82, 2.24) is 4.90 Å². The number of nitrogens with zero attached hydrogens (tertiary/aromatic N) is 1. The van der Waals surface area contributed by atoms with E-state index in [-0.39, 0.29) is 0 Å². The van der Waals surface area contributed by atoms with E-state index < -0.39 is 0 Å². The first kappa shape index (κ1) is 12.2. The second-order valence-corrected chi connectivity index (χ2v) is 6.19. The van der Waals surface area contributed by atoms with Gasteiger partial charge in [-0.05, 0) is 36.9 Å². The summed E-state index contributed by atoms with van der Waals surface area (Å²) in [6, 6.07) is 14.4. The Kier molecular flexibility index (Phi) is 2.76. The highest BCUT2D eigenvalue weighted by atomic mass is 35.5. The van der Waals surface area contributed by atoms with E-state index >= 15 is 0 Å². The molecule has 2 aromatic rings. The quantitative estimate of drug-likeness (QED) is 0.717. The topological polar surface area (TPSA) is 12.5 Å². The molecule has 2 aromatic carbocycles. The lowest BCUT2D eigenvalue weighted by molar-refractivity contribution is 0.401. The lowest BCUT2D eigenvalue weighted by Gasteiger charge is -2.17. The number of fused-ring (bicyclic) bond motifs is 5. The Labute approximate surface area is 123 Å². The van der Waals surface area contributed by atoms with Gasteiger partial charge in [-0.1, -0.05) is 29.8 Å². The SMILES string of the molecule is CN1C[C@@H]2c3cc(Cl)ccc3Oc3ccccc3[C@@H]2C1. The van der Waals surface area contributed by atoms with Crippen LogP contribution in [-0.4, -0.2) is 25.0 Å². The third-order valence-corrected chi connectivity index (χ3v) is 4.65. The van der Waals surface area contributed by atoms with Crippen molar-refractivity contribution in [3.63, 3.8) is 0 Å². The number of likely N-dealkylation sites (tertiary alicyclic amines) is 1. The van der Waals surface area contributed by atoms with E-state index in [2.05, 4.69) is 36.2 Å². The highest BCUT2D eigenvalue weighted by Crippen LogP contribution is 2.49. The number of para-hydroxylation sites is 1. The third kappa shape index (κ3) is 1.83. The first-order valence-electron chi connectivity index (χ1n) is 6.97. The fourth-order valence-corrected chi connectivity index (χ4v) is 3.71. The molecule has 4 rings (SSSR count). The van der Waals surface area contributed by atoms with Gasteiger partial charge in [0.25, 0.3) is 0 Å². The number of likely N-dealkylation sites (N-methyl/N-ethyl adjacent to an activating group) is 1. The maximum atomic E-state index is 6.20. The Balaban J connectivity index is 1.93. The van der Waals surface area contributed by atoms with Crippen molar-refractivity contribution in [3.8, 4) is 11.5 Å². The molecule has 0 bridgehead atoms. The molecule has 0 aliphatic carbocycles. The number of hydrogen-bond donors (Lipinski definition) is 0. The van der Waals surface area contributed by atoms with Crippen molar-refractivity contribution in [2.75, 3.05) is 20.1 Å². The van der Waals surface area contributed by atoms with Gasteiger partial charge < -0.3 is 9.64 Å². The van der Waals surface area contributed by atoms with Crippen LogP contribution in [0.3, 0.4) is 0 Å². The van der Waals surface area contributed by atoms with Crippen LogP contribution in [0.15, 0.2) is 42.5 Å². The van der Waals surface area contributed by atoms with Gasteiger partial charge >= 0.3 is 0 Å². The van der Waals surface area contributed by atoms with Crippen molar-refractivity contribution in [1.29, 1.82) is 0 Å². The molecule has 1 saturated heterocycles. The summed E-state index contributed by atoms with van der Waals surface area (Å²) in [6.07, 6.45) is 0. The molecule has 3 heteroatoms. The fourth-order valence-electron chi connectivity index (χ4n) is 3.53. The number of rotatable bonds is 0. The molecule has 1 fully saturated rings. The van der Waals surface area contributed by atoms with Crippen LogP contribution < -0.4 is 4.74 Å². The van der Waals surface area contributed by atoms with Gasteiger partial charge in [-0.15, -0.1) is 0 Å². The monoisotopic (exact) mass is 285 g/mol. The average Bonchev–Trinajstić information content (AvgIpc) is 2.78. The third-order valence-electron chi connectivity index (χ3n) is 4.41. The van der Waals surface area contributed by atoms with Crippen molar-refractivity contribution < 1.29 is 4.74 Å². The van der Waals surface area contributed by atoms with Gasteiger partial charge in [0.2, 0.25) is 0 Å². The first-order chi connectivity index (χ1) is 9.72. The molecule has 20 heavy (non-hydrogen) atoms. The van der Waals surface area contributed by atoms with Crippen LogP contribution in [-0.2, 0) is 0 Å². The molecule has 2 aliphatic heterocycles. The summed E-state index contributed by atoms with van der Waals surface area (Å²) in [5.74, 6) is 2.87. The van der Waals surface area contributed by atoms with Crippen LogP contribution >= 0.6 is 11.6 Å². The van der Waals surface area contributed by atoms with Gasteiger partial charge in [-0.2, -0.15) is 0 Å². The van der Waals surface area contributed by atoms with E-state index in [0.29, 0.717) is 11.8 Å². The number of halogens is 1. The Hall–Kier alpha value is -1.51. The molecule has 2 heterocycles. The van der Waals surface area contributed by atoms with Crippen molar-refractivity contribution in [2.45, 2.75) is 11.8 Å². The Morgan fingerprint density at radius 1 is 1.00 bits per heavy atom. The van der Waals surface area contributed by atoms with Gasteiger partial charge in [-0.25, -0.2) is 0 Å². The molecule has 2 aliphatic rings. The minimum atomic E-state index is 0.456. The predicted molar refractivity (Wildman–Crippen MR) is 80.9 cm³/mol. The molecule has 2 nitrogen and oxygen atoms in total. The second kappa shape index (κ2) is 4.51. The Morgan fingerprint density at radius 3 is 2.55 bits per heavy atom. The van der Waals surface area contributed by atoms with Gasteiger partial charge in [0.05, 0.1) is 0 Å². The zero-order chi connectivity index (χ0) is 13.7. The summed E-state index contributed by atoms with van der Waals surface area (Å²) in [7, 11) is 2.18. The molecule has 0 amide bonds. The highest BCUT2D eigenvalue weighted by Gasteiger charge is 2.38. The largest absolute Gasteiger partial charge is 0.457 e. The zero-order valence-electron chi connectivity index (χ0n) is 11.3. The summed E-state index contributed by atoms with van der Waals surface area (Å²) in [5.41, 5.74) is 2.55. The first-order valence-corrected chi connectivity index (χ1v) is 7.35. The second-order valence-electron chi connectivity index (χ2n) is 5.76. The summed E-state index contributed by atoms with van der Waals surface area (Å²) in [6.45, 7) is 2.12. The molecule has 0 aromatic heterocycles. The van der Waals surface area contributed by atoms with E-state index in [4.69, 9.17) is 16.3 Å². The minimum absolute atomic E-state index is 0.456. The number of benzene rings is 2. The maximum Gasteiger partial charge on any atom is 0.131 e. The number of ether oxygens (including phenoxy) is 1. The normalized spacial score (nSPS) is 24.3. The fraction of sp³-hybridized carbons (Fsp3) is 0.294. The van der Waals surface area contributed by atoms with E-state index in [1.807, 2.05) is 18.2 Å². The highest BCUT2D eigenvalue weighted by molar-refractivity contribution is 6.30. The van der Waals surface area contributed by atoms with E-state index in [9.17, 15) is 0 Å². The molecule has 0 radical (unpaired) electrons. The van der Waals surface area contributed by atoms with Crippen molar-refractivity contribution in [3.05, 3.63) is 58.6 Å². The van der Waals surface area contributed by atoms with Crippen LogP contribution in [0.2, 0.25) is 5.02 Å². The Morgan fingerprint density at radius 2 is 1.70 bits per heavy atom. The van der Waals surface area contributed by atoms with Crippen LogP contribution in [0.4, 0.5) is 0 Å². The van der Waals surface area contributed by atoms with Crippen LogP contribution in [0, 0.1) is 0 Å². The van der Waals surface area contributed by atoms with E-state index in [1.54, 1.807) is 0 Å². The Bertz CT molecular complexity index is 670. The van der Waals surface area contributed by atoms with Gasteiger partial charge in [-0.3, -0.25) is 0 Å². The van der Waals surface area contributed by atoms with Gasteiger partial charge in [0.15, 0.2) is 0 Å². The van der Waals surface area contributed by atoms with Gasteiger partial charge in [0, 0.05) is 35.5 Å². The number of hydrogen-bond acceptors (Lipinski definition) is 2. The molecule has 2 atom stereocenters. The van der Waals surface area contributed by atoms with Crippen LogP contribution in [0.25, 0.3) is 0 Å². The van der Waals surface area contributed by atoms with Gasteiger partial charge in [0.1, 0.15) is 11.5 Å². The van der Waals surface area contributed by atoms with Crippen molar-refractivity contribution >= 4 is 11.6 Å². The standard InChI is InChI=1S/C17H16ClNO/c1-19-9-14-12-4-2-3-5-16(12)20-17-7-6-11(18)8-13(17)15(14)10-19/h2-8,14-15H,9-10H2,1H3/t14-,15+/m0/s1. The lowest BCUT2D eigenvalue weighted by atomic mass is 9.84. The maximum absolute atomic E-state index is 6.20. The summed E-state index contributed by atoms with van der Waals surface area (Å²) >= 11 is 6.20. The van der Waals surface area contributed by atoms with E-state index in [1.165, 1.54) is 11.1 Å². The van der Waals surface area contributed by atoms with Crippen molar-refractivity contribution in [2.24, 2.45) is 0 Å². The molecular weight excluding hydrogens is 270 g/mol. The van der Waals surface area contributed by atoms with Crippen LogP contribution in [0.5, 0.6) is 11.5 Å². The molecule has 0 saturated carbocycles. The lowest BCUT2D eigenvalue weighted by Crippen LogP contribution is -2.14. The summed E-state index contributed by atoms with van der Waals surface area (Å²) in [4.78, 5) is 2.39. The minimum Gasteiger partial charge on any atom is -0.457 e. The van der Waals surface area contributed by atoms with E-state index in [0.717, 1.165) is 29.6 Å². The predicted octanol–water partition coefficient (Wildman–Crippen LogP) is 4.26. The smallest absolute Gasteiger partial charge is 0.131 e. The summed E-state index contributed by atoms with van der Waals surface area (Å²) in [5, 5.41) is 0.784. The average molecular weight is 286 g/mol. The summed E-state index contributed by atoms with van der Waals surface area (Å²) < 4.78 is 6.15. The molecular formula is C17H16ClNO. The molecule has 0 unspecified atom stereocenters. The molecule has 0 N–H and O–H groups in total. The molecule has 102 valence electrons. The zero-order valence-corrected chi connectivity index (χ0v) is 12.1.